The Kier molecular flexibility index (Phi) is 5.76. The zero-order valence-corrected chi connectivity index (χ0v) is 15.2. The first kappa shape index (κ1) is 19.3. The van der Waals surface area contributed by atoms with Crippen LogP contribution in [0.15, 0.2) is 59.4 Å². The van der Waals surface area contributed by atoms with Crippen molar-refractivity contribution < 1.29 is 17.6 Å². The molecule has 5 heteroatoms. The summed E-state index contributed by atoms with van der Waals surface area (Å²) in [6.45, 7) is 6.52. The van der Waals surface area contributed by atoms with Gasteiger partial charge in [-0.2, -0.15) is 13.2 Å². The highest BCUT2D eigenvalue weighted by Crippen LogP contribution is 2.38. The smallest absolute Gasteiger partial charge is 0.416 e. The molecule has 2 nitrogen and oxygen atoms in total. The fourth-order valence-corrected chi connectivity index (χ4v) is 3.50. The Morgan fingerprint density at radius 1 is 1.22 bits per heavy atom. The van der Waals surface area contributed by atoms with Crippen molar-refractivity contribution >= 4 is 0 Å². The first-order chi connectivity index (χ1) is 12.9. The summed E-state index contributed by atoms with van der Waals surface area (Å²) in [4.78, 5) is 2.26. The average molecular weight is 373 g/mol. The Labute approximate surface area is 157 Å². The van der Waals surface area contributed by atoms with E-state index >= 15 is 0 Å². The summed E-state index contributed by atoms with van der Waals surface area (Å²) in [6, 6.07) is 7.21. The maximum absolute atomic E-state index is 12.9. The number of furan rings is 1. The zero-order valence-electron chi connectivity index (χ0n) is 15.2. The number of hydrogen-bond donors (Lipinski definition) is 0. The maximum Gasteiger partial charge on any atom is 0.416 e. The molecule has 1 fully saturated rings. The largest absolute Gasteiger partial charge is 0.472 e. The lowest BCUT2D eigenvalue weighted by molar-refractivity contribution is -0.137. The summed E-state index contributed by atoms with van der Waals surface area (Å²) in [7, 11) is 0. The van der Waals surface area contributed by atoms with Crippen LogP contribution in [0.25, 0.3) is 0 Å². The minimum atomic E-state index is -4.32. The molecule has 0 N–H and O–H groups in total. The summed E-state index contributed by atoms with van der Waals surface area (Å²) in [5, 5.41) is 0. The standard InChI is InChI=1S/C22H22F3NO/c1-16(2)6-11-21(18-12-14-27-15-18)26-13-4-3-5-20(26)17-7-9-19(10-8-17)22(23,24)25/h7-10,12,14-15,20-21H,1,3-5,13H2,2H3/t20-,21+/m0/s1. The number of hydrogen-bond acceptors (Lipinski definition) is 2. The van der Waals surface area contributed by atoms with Crippen molar-refractivity contribution in [2.75, 3.05) is 6.54 Å². The van der Waals surface area contributed by atoms with E-state index in [4.69, 9.17) is 4.42 Å². The summed E-state index contributed by atoms with van der Waals surface area (Å²) >= 11 is 0. The zero-order chi connectivity index (χ0) is 19.4. The summed E-state index contributed by atoms with van der Waals surface area (Å²) < 4.78 is 43.9. The van der Waals surface area contributed by atoms with Gasteiger partial charge in [-0.1, -0.05) is 37.0 Å². The highest BCUT2D eigenvalue weighted by Gasteiger charge is 2.33. The molecule has 2 heterocycles. The van der Waals surface area contributed by atoms with Crippen molar-refractivity contribution in [1.82, 2.24) is 4.90 Å². The van der Waals surface area contributed by atoms with Crippen molar-refractivity contribution in [3.8, 4) is 11.8 Å². The Bertz CT molecular complexity index is 825. The monoisotopic (exact) mass is 373 g/mol. The van der Waals surface area contributed by atoms with Crippen LogP contribution < -0.4 is 0 Å². The third-order valence-electron chi connectivity index (χ3n) is 4.78. The fraction of sp³-hybridized carbons (Fsp3) is 0.364. The molecule has 1 aromatic carbocycles. The first-order valence-corrected chi connectivity index (χ1v) is 8.98. The third-order valence-corrected chi connectivity index (χ3v) is 4.78. The van der Waals surface area contributed by atoms with Crippen molar-refractivity contribution in [2.24, 2.45) is 0 Å². The van der Waals surface area contributed by atoms with Gasteiger partial charge in [-0.05, 0) is 49.1 Å². The Hall–Kier alpha value is -2.45. The molecule has 1 aromatic heterocycles. The van der Waals surface area contributed by atoms with Gasteiger partial charge in [0.15, 0.2) is 0 Å². The number of benzene rings is 1. The second-order valence-corrected chi connectivity index (χ2v) is 6.88. The second kappa shape index (κ2) is 8.06. The molecule has 0 saturated carbocycles. The molecule has 2 aromatic rings. The van der Waals surface area contributed by atoms with E-state index in [1.807, 2.05) is 13.0 Å². The molecule has 1 saturated heterocycles. The van der Waals surface area contributed by atoms with Crippen LogP contribution in [0.5, 0.6) is 0 Å². The normalized spacial score (nSPS) is 19.2. The molecule has 0 aliphatic carbocycles. The number of alkyl halides is 3. The summed E-state index contributed by atoms with van der Waals surface area (Å²) in [6.07, 6.45) is 1.91. The molecule has 2 atom stereocenters. The lowest BCUT2D eigenvalue weighted by atomic mass is 9.91. The topological polar surface area (TPSA) is 16.4 Å². The highest BCUT2D eigenvalue weighted by atomic mass is 19.4. The molecule has 1 aliphatic heterocycles. The minimum absolute atomic E-state index is 0.0142. The van der Waals surface area contributed by atoms with E-state index in [2.05, 4.69) is 23.3 Å². The molecular weight excluding hydrogens is 351 g/mol. The number of rotatable bonds is 3. The van der Waals surface area contributed by atoms with Crippen LogP contribution in [0, 0.1) is 11.8 Å². The van der Waals surface area contributed by atoms with Crippen molar-refractivity contribution in [1.29, 1.82) is 0 Å². The van der Waals surface area contributed by atoms with E-state index < -0.39 is 11.7 Å². The molecule has 142 valence electrons. The van der Waals surface area contributed by atoms with Crippen LogP contribution in [-0.4, -0.2) is 11.4 Å². The lowest BCUT2D eigenvalue weighted by Gasteiger charge is -2.39. The van der Waals surface area contributed by atoms with Gasteiger partial charge in [-0.3, -0.25) is 4.90 Å². The van der Waals surface area contributed by atoms with E-state index in [9.17, 15) is 13.2 Å². The van der Waals surface area contributed by atoms with Gasteiger partial charge in [0.2, 0.25) is 0 Å². The predicted molar refractivity (Wildman–Crippen MR) is 98.8 cm³/mol. The first-order valence-electron chi connectivity index (χ1n) is 8.98. The van der Waals surface area contributed by atoms with Gasteiger partial charge in [0, 0.05) is 18.2 Å². The average Bonchev–Trinajstić information content (AvgIpc) is 3.16. The van der Waals surface area contributed by atoms with Gasteiger partial charge in [-0.15, -0.1) is 0 Å². The number of likely N-dealkylation sites (tertiary alicyclic amines) is 1. The van der Waals surface area contributed by atoms with E-state index in [0.717, 1.165) is 54.6 Å². The van der Waals surface area contributed by atoms with Crippen LogP contribution in [0.3, 0.4) is 0 Å². The maximum atomic E-state index is 12.9. The van der Waals surface area contributed by atoms with Crippen LogP contribution in [0.4, 0.5) is 13.2 Å². The van der Waals surface area contributed by atoms with E-state index in [1.54, 1.807) is 24.7 Å². The quantitative estimate of drug-likeness (QED) is 0.600. The minimum Gasteiger partial charge on any atom is -0.472 e. The third kappa shape index (κ3) is 4.64. The number of nitrogens with zero attached hydrogens (tertiary/aromatic N) is 1. The Balaban J connectivity index is 1.94. The van der Waals surface area contributed by atoms with Gasteiger partial charge in [0.1, 0.15) is 6.04 Å². The van der Waals surface area contributed by atoms with Gasteiger partial charge < -0.3 is 4.42 Å². The molecule has 1 aliphatic rings. The number of piperidine rings is 1. The van der Waals surface area contributed by atoms with Gasteiger partial charge in [-0.25, -0.2) is 0 Å². The Morgan fingerprint density at radius 3 is 2.56 bits per heavy atom. The fourth-order valence-electron chi connectivity index (χ4n) is 3.50. The molecule has 0 radical (unpaired) electrons. The SMILES string of the molecule is C=C(C)C#C[C@H](c1ccoc1)N1CCCC[C@H]1c1ccc(C(F)(F)F)cc1. The summed E-state index contributed by atoms with van der Waals surface area (Å²) in [5.41, 5.74) is 1.98. The van der Waals surface area contributed by atoms with E-state index in [-0.39, 0.29) is 12.1 Å². The predicted octanol–water partition coefficient (Wildman–Crippen LogP) is 6.15. The van der Waals surface area contributed by atoms with Crippen LogP contribution in [-0.2, 0) is 6.18 Å². The van der Waals surface area contributed by atoms with Crippen molar-refractivity contribution in [2.45, 2.75) is 44.4 Å². The molecule has 27 heavy (non-hydrogen) atoms. The number of allylic oxidation sites excluding steroid dienone is 1. The van der Waals surface area contributed by atoms with E-state index in [1.165, 1.54) is 0 Å². The second-order valence-electron chi connectivity index (χ2n) is 6.88. The van der Waals surface area contributed by atoms with Gasteiger partial charge >= 0.3 is 6.18 Å². The molecule has 0 amide bonds. The number of halogens is 3. The highest BCUT2D eigenvalue weighted by molar-refractivity contribution is 5.33. The lowest BCUT2D eigenvalue weighted by Crippen LogP contribution is -2.36. The molecular formula is C22H22F3NO. The summed E-state index contributed by atoms with van der Waals surface area (Å²) in [5.74, 6) is 6.32. The molecule has 0 unspecified atom stereocenters. The van der Waals surface area contributed by atoms with Crippen molar-refractivity contribution in [3.05, 3.63) is 71.7 Å². The molecule has 0 bridgehead atoms. The van der Waals surface area contributed by atoms with Gasteiger partial charge in [0.25, 0.3) is 0 Å². The van der Waals surface area contributed by atoms with E-state index in [0.29, 0.717) is 0 Å². The Morgan fingerprint density at radius 2 is 1.96 bits per heavy atom. The van der Waals surface area contributed by atoms with Crippen LogP contribution in [0.2, 0.25) is 0 Å². The molecule has 0 spiro atoms. The van der Waals surface area contributed by atoms with Crippen LogP contribution in [0.1, 0.15) is 55.0 Å². The van der Waals surface area contributed by atoms with Gasteiger partial charge in [0.05, 0.1) is 18.1 Å². The van der Waals surface area contributed by atoms with Crippen molar-refractivity contribution in [3.63, 3.8) is 0 Å². The van der Waals surface area contributed by atoms with Crippen LogP contribution >= 0.6 is 0 Å². The molecule has 3 rings (SSSR count).